The van der Waals surface area contributed by atoms with Crippen LogP contribution in [0.2, 0.25) is 0 Å². The highest BCUT2D eigenvalue weighted by Crippen LogP contribution is 2.10. The lowest BCUT2D eigenvalue weighted by molar-refractivity contribution is 0.195. The predicted molar refractivity (Wildman–Crippen MR) is 143 cm³/mol. The van der Waals surface area contributed by atoms with Crippen molar-refractivity contribution < 1.29 is 0 Å². The van der Waals surface area contributed by atoms with Crippen LogP contribution in [0.3, 0.4) is 0 Å². The Balaban J connectivity index is 4.22. The molecule has 31 heavy (non-hydrogen) atoms. The van der Waals surface area contributed by atoms with Crippen LogP contribution < -0.4 is 0 Å². The Labute approximate surface area is 198 Å². The molecular formula is C29H62N2. The molecule has 0 unspecified atom stereocenters. The van der Waals surface area contributed by atoms with Crippen molar-refractivity contribution in [2.24, 2.45) is 0 Å². The zero-order valence-corrected chi connectivity index (χ0v) is 22.6. The van der Waals surface area contributed by atoms with Gasteiger partial charge in [-0.15, -0.1) is 0 Å². The minimum atomic E-state index is 1.29. The van der Waals surface area contributed by atoms with E-state index in [0.29, 0.717) is 0 Å². The molecular weight excluding hydrogens is 376 g/mol. The highest BCUT2D eigenvalue weighted by atomic mass is 15.2. The van der Waals surface area contributed by atoms with E-state index in [1.54, 1.807) is 0 Å². The number of hydrogen-bond acceptors (Lipinski definition) is 2. The van der Waals surface area contributed by atoms with Crippen LogP contribution in [0.4, 0.5) is 0 Å². The first-order chi connectivity index (χ1) is 15.3. The van der Waals surface area contributed by atoms with Crippen molar-refractivity contribution in [3.05, 3.63) is 0 Å². The largest absolute Gasteiger partial charge is 0.302 e. The highest BCUT2D eigenvalue weighted by Gasteiger charge is 2.09. The number of nitrogens with zero attached hydrogens (tertiary/aromatic N) is 2. The molecule has 0 N–H and O–H groups in total. The zero-order chi connectivity index (χ0) is 22.8. The van der Waals surface area contributed by atoms with Crippen molar-refractivity contribution in [2.75, 3.05) is 39.3 Å². The molecule has 0 aromatic rings. The zero-order valence-electron chi connectivity index (χ0n) is 22.6. The van der Waals surface area contributed by atoms with Crippen LogP contribution in [0.5, 0.6) is 0 Å². The van der Waals surface area contributed by atoms with Crippen molar-refractivity contribution in [1.29, 1.82) is 0 Å². The molecule has 0 aromatic carbocycles. The Hall–Kier alpha value is -0.0800. The van der Waals surface area contributed by atoms with Gasteiger partial charge in [0.05, 0.1) is 0 Å². The quantitative estimate of drug-likeness (QED) is 0.124. The van der Waals surface area contributed by atoms with E-state index in [9.17, 15) is 0 Å². The van der Waals surface area contributed by atoms with E-state index in [2.05, 4.69) is 37.5 Å². The second kappa shape index (κ2) is 26.2. The lowest BCUT2D eigenvalue weighted by Gasteiger charge is -2.28. The van der Waals surface area contributed by atoms with E-state index in [1.165, 1.54) is 161 Å². The van der Waals surface area contributed by atoms with Gasteiger partial charge >= 0.3 is 0 Å². The normalized spacial score (nSPS) is 11.8. The molecule has 188 valence electrons. The summed E-state index contributed by atoms with van der Waals surface area (Å²) in [5.41, 5.74) is 0. The molecule has 0 atom stereocenters. The van der Waals surface area contributed by atoms with Gasteiger partial charge in [-0.25, -0.2) is 0 Å². The minimum absolute atomic E-state index is 1.29. The lowest BCUT2D eigenvalue weighted by atomic mass is 10.1. The van der Waals surface area contributed by atoms with Gasteiger partial charge < -0.3 is 9.80 Å². The first-order valence-corrected chi connectivity index (χ1v) is 14.7. The Morgan fingerprint density at radius 1 is 0.258 bits per heavy atom. The van der Waals surface area contributed by atoms with Gasteiger partial charge in [0.2, 0.25) is 0 Å². The first kappa shape index (κ1) is 30.9. The summed E-state index contributed by atoms with van der Waals surface area (Å²) in [7, 11) is 0. The molecule has 0 radical (unpaired) electrons. The maximum atomic E-state index is 2.81. The van der Waals surface area contributed by atoms with Gasteiger partial charge in [0, 0.05) is 13.1 Å². The molecule has 0 aromatic heterocycles. The molecule has 0 amide bonds. The van der Waals surface area contributed by atoms with Gasteiger partial charge in [-0.05, 0) is 51.9 Å². The topological polar surface area (TPSA) is 6.48 Å². The van der Waals surface area contributed by atoms with Crippen LogP contribution in [0, 0.1) is 0 Å². The maximum Gasteiger partial charge on any atom is 0.0109 e. The number of unbranched alkanes of at least 4 members (excludes halogenated alkanes) is 15. The molecule has 0 aliphatic rings. The average molecular weight is 439 g/mol. The van der Waals surface area contributed by atoms with Gasteiger partial charge in [0.15, 0.2) is 0 Å². The third-order valence-corrected chi connectivity index (χ3v) is 6.76. The van der Waals surface area contributed by atoms with Gasteiger partial charge in [-0.3, -0.25) is 0 Å². The van der Waals surface area contributed by atoms with E-state index in [4.69, 9.17) is 0 Å². The Morgan fingerprint density at radius 3 is 0.871 bits per heavy atom. The van der Waals surface area contributed by atoms with Crippen molar-refractivity contribution in [2.45, 2.75) is 150 Å². The maximum absolute atomic E-state index is 2.81. The molecule has 0 spiro atoms. The second-order valence-electron chi connectivity index (χ2n) is 9.99. The van der Waals surface area contributed by atoms with Crippen molar-refractivity contribution in [3.8, 4) is 0 Å². The fourth-order valence-corrected chi connectivity index (χ4v) is 4.62. The van der Waals surface area contributed by atoms with E-state index in [1.807, 2.05) is 0 Å². The molecule has 0 fully saturated rings. The highest BCUT2D eigenvalue weighted by molar-refractivity contribution is 4.65. The summed E-state index contributed by atoms with van der Waals surface area (Å²) in [6, 6.07) is 0. The summed E-state index contributed by atoms with van der Waals surface area (Å²) in [5, 5.41) is 0. The van der Waals surface area contributed by atoms with Gasteiger partial charge in [0.25, 0.3) is 0 Å². The molecule has 0 rings (SSSR count). The molecule has 2 heteroatoms. The molecule has 0 bridgehead atoms. The monoisotopic (exact) mass is 438 g/mol. The second-order valence-corrected chi connectivity index (χ2v) is 9.99. The molecule has 0 heterocycles. The third-order valence-electron chi connectivity index (χ3n) is 6.76. The van der Waals surface area contributed by atoms with Crippen molar-refractivity contribution in [3.63, 3.8) is 0 Å². The minimum Gasteiger partial charge on any atom is -0.302 e. The van der Waals surface area contributed by atoms with Gasteiger partial charge in [0.1, 0.15) is 0 Å². The van der Waals surface area contributed by atoms with Crippen LogP contribution in [0.1, 0.15) is 150 Å². The smallest absolute Gasteiger partial charge is 0.0109 e. The van der Waals surface area contributed by atoms with Crippen molar-refractivity contribution >= 4 is 0 Å². The third kappa shape index (κ3) is 22.9. The fraction of sp³-hybridized carbons (Fsp3) is 1.00. The van der Waals surface area contributed by atoms with E-state index in [0.717, 1.165) is 0 Å². The molecule has 0 aliphatic carbocycles. The van der Waals surface area contributed by atoms with Gasteiger partial charge in [-0.2, -0.15) is 0 Å². The first-order valence-electron chi connectivity index (χ1n) is 14.7. The van der Waals surface area contributed by atoms with E-state index >= 15 is 0 Å². The molecule has 0 saturated heterocycles. The lowest BCUT2D eigenvalue weighted by Crippen LogP contribution is -2.37. The number of hydrogen-bond donors (Lipinski definition) is 0. The Bertz CT molecular complexity index is 302. The molecule has 2 nitrogen and oxygen atoms in total. The standard InChI is InChI=1S/C29H62N2/c1-5-9-12-15-18-21-25-30(24-8-4)28-29-31(26-22-19-16-13-10-6-2)27-23-20-17-14-11-7-3/h5-29H2,1-4H3. The molecule has 0 saturated carbocycles. The summed E-state index contributed by atoms with van der Waals surface area (Å²) in [4.78, 5) is 5.57. The average Bonchev–Trinajstić information content (AvgIpc) is 2.78. The van der Waals surface area contributed by atoms with Crippen LogP contribution in [-0.2, 0) is 0 Å². The summed E-state index contributed by atoms with van der Waals surface area (Å²) in [5.74, 6) is 0. The van der Waals surface area contributed by atoms with Crippen LogP contribution >= 0.6 is 0 Å². The Morgan fingerprint density at radius 2 is 0.548 bits per heavy atom. The summed E-state index contributed by atoms with van der Waals surface area (Å²) >= 11 is 0. The van der Waals surface area contributed by atoms with Gasteiger partial charge in [-0.1, -0.05) is 124 Å². The summed E-state index contributed by atoms with van der Waals surface area (Å²) in [6.45, 7) is 17.1. The summed E-state index contributed by atoms with van der Waals surface area (Å²) in [6.07, 6.45) is 26.8. The van der Waals surface area contributed by atoms with Crippen LogP contribution in [-0.4, -0.2) is 49.1 Å². The van der Waals surface area contributed by atoms with E-state index in [-0.39, 0.29) is 0 Å². The number of rotatable bonds is 26. The Kier molecular flexibility index (Phi) is 26.1. The molecule has 0 aliphatic heterocycles. The van der Waals surface area contributed by atoms with Crippen LogP contribution in [0.15, 0.2) is 0 Å². The fourth-order valence-electron chi connectivity index (χ4n) is 4.62. The van der Waals surface area contributed by atoms with Crippen LogP contribution in [0.25, 0.3) is 0 Å². The predicted octanol–water partition coefficient (Wildman–Crippen LogP) is 9.08. The SMILES string of the molecule is CCCCCCCCN(CCC)CCN(CCCCCCCC)CCCCCCCC. The van der Waals surface area contributed by atoms with E-state index < -0.39 is 0 Å². The summed E-state index contributed by atoms with van der Waals surface area (Å²) < 4.78 is 0. The van der Waals surface area contributed by atoms with Crippen molar-refractivity contribution in [1.82, 2.24) is 9.80 Å².